The molecule has 3 aromatic rings. The molecule has 1 heterocycles. The van der Waals surface area contributed by atoms with Gasteiger partial charge in [0.25, 0.3) is 5.91 Å². The average Bonchev–Trinajstić information content (AvgIpc) is 2.78. The first kappa shape index (κ1) is 22.0. The quantitative estimate of drug-likeness (QED) is 0.502. The topological polar surface area (TPSA) is 56.8 Å². The molecule has 1 atom stereocenters. The van der Waals surface area contributed by atoms with Crippen LogP contribution >= 0.6 is 11.6 Å². The normalized spacial score (nSPS) is 16.4. The number of benzene rings is 3. The molecular formula is C26H26ClNO4. The molecule has 1 aliphatic rings. The number of carbonyl (C=O) groups excluding carboxylic acids is 1. The molecule has 0 radical (unpaired) electrons. The Labute approximate surface area is 193 Å². The number of hydrogen-bond acceptors (Lipinski definition) is 4. The fourth-order valence-electron chi connectivity index (χ4n) is 3.83. The molecule has 5 nitrogen and oxygen atoms in total. The van der Waals surface area contributed by atoms with Crippen molar-refractivity contribution < 1.29 is 19.0 Å². The van der Waals surface area contributed by atoms with Crippen LogP contribution in [0.3, 0.4) is 0 Å². The first-order valence-electron chi connectivity index (χ1n) is 10.5. The first-order valence-corrected chi connectivity index (χ1v) is 10.9. The zero-order valence-corrected chi connectivity index (χ0v) is 19.1. The summed E-state index contributed by atoms with van der Waals surface area (Å²) < 4.78 is 17.3. The minimum absolute atomic E-state index is 0.176. The number of ether oxygens (including phenoxy) is 3. The van der Waals surface area contributed by atoms with Crippen molar-refractivity contribution in [2.75, 3.05) is 7.11 Å². The maximum atomic E-state index is 13.1. The summed E-state index contributed by atoms with van der Waals surface area (Å²) in [6.45, 7) is 4.36. The van der Waals surface area contributed by atoms with Crippen molar-refractivity contribution >= 4 is 17.5 Å². The fourth-order valence-corrected chi connectivity index (χ4v) is 4.02. The number of methoxy groups -OCH3 is 1. The van der Waals surface area contributed by atoms with Gasteiger partial charge in [-0.25, -0.2) is 0 Å². The van der Waals surface area contributed by atoms with Crippen LogP contribution in [-0.4, -0.2) is 18.6 Å². The number of fused-ring (bicyclic) bond motifs is 1. The largest absolute Gasteiger partial charge is 0.497 e. The van der Waals surface area contributed by atoms with Crippen LogP contribution in [0.15, 0.2) is 66.7 Å². The molecule has 0 spiro atoms. The molecule has 0 aromatic heterocycles. The number of halogens is 1. The molecule has 166 valence electrons. The Morgan fingerprint density at radius 2 is 1.91 bits per heavy atom. The van der Waals surface area contributed by atoms with E-state index in [1.807, 2.05) is 68.4 Å². The van der Waals surface area contributed by atoms with Gasteiger partial charge in [-0.15, -0.1) is 0 Å². The molecule has 0 saturated carbocycles. The maximum absolute atomic E-state index is 13.1. The van der Waals surface area contributed by atoms with Crippen LogP contribution in [0.4, 0.5) is 0 Å². The van der Waals surface area contributed by atoms with Crippen LogP contribution in [0.25, 0.3) is 0 Å². The SMILES string of the molecule is COc1ccc2c(c1)[C@H](NC(=O)c1cccc(OCc3ccccc3Cl)c1)CC(C)(C)O2. The second kappa shape index (κ2) is 9.13. The number of nitrogens with one attached hydrogen (secondary N) is 1. The van der Waals surface area contributed by atoms with Gasteiger partial charge in [0.15, 0.2) is 0 Å². The molecule has 0 unspecified atom stereocenters. The van der Waals surface area contributed by atoms with Gasteiger partial charge in [-0.3, -0.25) is 4.79 Å². The van der Waals surface area contributed by atoms with Gasteiger partial charge >= 0.3 is 0 Å². The van der Waals surface area contributed by atoms with Crippen molar-refractivity contribution in [2.24, 2.45) is 0 Å². The Balaban J connectivity index is 1.50. The highest BCUT2D eigenvalue weighted by molar-refractivity contribution is 6.31. The highest BCUT2D eigenvalue weighted by Crippen LogP contribution is 2.41. The van der Waals surface area contributed by atoms with Gasteiger partial charge in [-0.1, -0.05) is 35.9 Å². The third-order valence-corrected chi connectivity index (χ3v) is 5.80. The molecule has 4 rings (SSSR count). The summed E-state index contributed by atoms with van der Waals surface area (Å²) in [4.78, 5) is 13.1. The molecule has 0 saturated heterocycles. The van der Waals surface area contributed by atoms with Crippen molar-refractivity contribution in [3.05, 3.63) is 88.4 Å². The van der Waals surface area contributed by atoms with Gasteiger partial charge in [0.05, 0.1) is 13.2 Å². The Morgan fingerprint density at radius 3 is 2.69 bits per heavy atom. The summed E-state index contributed by atoms with van der Waals surface area (Å²) in [7, 11) is 1.62. The average molecular weight is 452 g/mol. The maximum Gasteiger partial charge on any atom is 0.251 e. The number of carbonyl (C=O) groups is 1. The summed E-state index contributed by atoms with van der Waals surface area (Å²) in [5, 5.41) is 3.81. The van der Waals surface area contributed by atoms with Gasteiger partial charge in [0.1, 0.15) is 29.5 Å². The van der Waals surface area contributed by atoms with Gasteiger partial charge in [0, 0.05) is 28.1 Å². The van der Waals surface area contributed by atoms with E-state index < -0.39 is 5.60 Å². The lowest BCUT2D eigenvalue weighted by atomic mass is 9.89. The van der Waals surface area contributed by atoms with E-state index in [1.165, 1.54) is 0 Å². The molecule has 1 N–H and O–H groups in total. The van der Waals surface area contributed by atoms with Crippen molar-refractivity contribution in [3.8, 4) is 17.2 Å². The molecular weight excluding hydrogens is 426 g/mol. The van der Waals surface area contributed by atoms with E-state index in [9.17, 15) is 4.79 Å². The molecule has 32 heavy (non-hydrogen) atoms. The van der Waals surface area contributed by atoms with Crippen LogP contribution in [0.5, 0.6) is 17.2 Å². The fraction of sp³-hybridized carbons (Fsp3) is 0.269. The zero-order chi connectivity index (χ0) is 22.7. The van der Waals surface area contributed by atoms with E-state index in [0.717, 1.165) is 22.6 Å². The predicted molar refractivity (Wildman–Crippen MR) is 125 cm³/mol. The summed E-state index contributed by atoms with van der Waals surface area (Å²) >= 11 is 6.20. The molecule has 0 bridgehead atoms. The summed E-state index contributed by atoms with van der Waals surface area (Å²) in [6.07, 6.45) is 0.640. The zero-order valence-electron chi connectivity index (χ0n) is 18.4. The monoisotopic (exact) mass is 451 g/mol. The minimum Gasteiger partial charge on any atom is -0.497 e. The van der Waals surface area contributed by atoms with E-state index >= 15 is 0 Å². The highest BCUT2D eigenvalue weighted by atomic mass is 35.5. The van der Waals surface area contributed by atoms with Crippen LogP contribution in [-0.2, 0) is 6.61 Å². The van der Waals surface area contributed by atoms with E-state index in [2.05, 4.69) is 5.32 Å². The third kappa shape index (κ3) is 5.00. The van der Waals surface area contributed by atoms with E-state index in [0.29, 0.717) is 29.4 Å². The smallest absolute Gasteiger partial charge is 0.251 e. The van der Waals surface area contributed by atoms with Gasteiger partial charge in [0.2, 0.25) is 0 Å². The van der Waals surface area contributed by atoms with Gasteiger partial charge < -0.3 is 19.5 Å². The van der Waals surface area contributed by atoms with Gasteiger partial charge in [-0.2, -0.15) is 0 Å². The van der Waals surface area contributed by atoms with Crippen LogP contribution in [0.2, 0.25) is 5.02 Å². The molecule has 6 heteroatoms. The van der Waals surface area contributed by atoms with Crippen molar-refractivity contribution in [1.29, 1.82) is 0 Å². The third-order valence-electron chi connectivity index (χ3n) is 5.43. The lowest BCUT2D eigenvalue weighted by molar-refractivity contribution is 0.0618. The Hall–Kier alpha value is -3.18. The Bertz CT molecular complexity index is 1130. The van der Waals surface area contributed by atoms with E-state index in [-0.39, 0.29) is 11.9 Å². The van der Waals surface area contributed by atoms with Crippen LogP contribution < -0.4 is 19.5 Å². The summed E-state index contributed by atoms with van der Waals surface area (Å²) in [6, 6.07) is 20.1. The molecule has 1 aliphatic heterocycles. The standard InChI is InChI=1S/C26H26ClNO4/c1-26(2)15-23(21-14-19(30-3)11-12-24(21)32-26)28-25(29)17-8-6-9-20(13-17)31-16-18-7-4-5-10-22(18)27/h4-14,23H,15-16H2,1-3H3,(H,28,29)/t23-/m1/s1. The van der Waals surface area contributed by atoms with E-state index in [4.69, 9.17) is 25.8 Å². The lowest BCUT2D eigenvalue weighted by Crippen LogP contribution is -2.41. The summed E-state index contributed by atoms with van der Waals surface area (Å²) in [5.41, 5.74) is 1.91. The predicted octanol–water partition coefficient (Wildman–Crippen LogP) is 5.96. The number of hydrogen-bond donors (Lipinski definition) is 1. The Morgan fingerprint density at radius 1 is 1.09 bits per heavy atom. The number of rotatable bonds is 6. The van der Waals surface area contributed by atoms with Crippen LogP contribution in [0.1, 0.15) is 47.8 Å². The second-order valence-electron chi connectivity index (χ2n) is 8.40. The van der Waals surface area contributed by atoms with Crippen molar-refractivity contribution in [1.82, 2.24) is 5.32 Å². The van der Waals surface area contributed by atoms with E-state index in [1.54, 1.807) is 19.2 Å². The molecule has 1 amide bonds. The Kier molecular flexibility index (Phi) is 6.28. The van der Waals surface area contributed by atoms with Gasteiger partial charge in [-0.05, 0) is 56.3 Å². The lowest BCUT2D eigenvalue weighted by Gasteiger charge is -2.38. The number of amides is 1. The minimum atomic E-state index is -0.403. The van der Waals surface area contributed by atoms with Crippen LogP contribution in [0, 0.1) is 0 Å². The second-order valence-corrected chi connectivity index (χ2v) is 8.81. The highest BCUT2D eigenvalue weighted by Gasteiger charge is 2.35. The first-order chi connectivity index (χ1) is 15.3. The molecule has 3 aromatic carbocycles. The molecule has 0 fully saturated rings. The molecule has 0 aliphatic carbocycles. The summed E-state index contributed by atoms with van der Waals surface area (Å²) in [5.74, 6) is 1.90. The van der Waals surface area contributed by atoms with Crippen molar-refractivity contribution in [2.45, 2.75) is 38.5 Å². The van der Waals surface area contributed by atoms with Crippen molar-refractivity contribution in [3.63, 3.8) is 0 Å².